The summed E-state index contributed by atoms with van der Waals surface area (Å²) in [5.74, 6) is 0.639. The molecule has 0 radical (unpaired) electrons. The molecule has 1 aliphatic heterocycles. The Bertz CT molecular complexity index is 1240. The molecule has 1 spiro atoms. The number of benzene rings is 2. The van der Waals surface area contributed by atoms with Crippen LogP contribution >= 0.6 is 11.6 Å². The highest BCUT2D eigenvalue weighted by Crippen LogP contribution is 2.53. The van der Waals surface area contributed by atoms with Gasteiger partial charge in [0.05, 0.1) is 12.1 Å². The first kappa shape index (κ1) is 24.3. The molecule has 188 valence electrons. The van der Waals surface area contributed by atoms with Gasteiger partial charge in [-0.2, -0.15) is 4.98 Å². The van der Waals surface area contributed by atoms with Crippen molar-refractivity contribution < 1.29 is 18.7 Å². The van der Waals surface area contributed by atoms with Crippen LogP contribution in [0.1, 0.15) is 47.2 Å². The molecule has 0 bridgehead atoms. The third kappa shape index (κ3) is 5.54. The molecule has 36 heavy (non-hydrogen) atoms. The smallest absolute Gasteiger partial charge is 0.258 e. The molecule has 1 N–H and O–H groups in total. The highest BCUT2D eigenvalue weighted by molar-refractivity contribution is 6.32. The maximum absolute atomic E-state index is 13.2. The van der Waals surface area contributed by atoms with Gasteiger partial charge in [0.15, 0.2) is 0 Å². The normalized spacial score (nSPS) is 16.0. The van der Waals surface area contributed by atoms with E-state index < -0.39 is 0 Å². The van der Waals surface area contributed by atoms with E-state index in [0.29, 0.717) is 22.1 Å². The van der Waals surface area contributed by atoms with Gasteiger partial charge in [0.25, 0.3) is 5.91 Å². The van der Waals surface area contributed by atoms with Crippen molar-refractivity contribution in [2.75, 3.05) is 25.1 Å². The number of piperidine rings is 1. The molecule has 1 saturated heterocycles. The zero-order valence-corrected chi connectivity index (χ0v) is 20.9. The van der Waals surface area contributed by atoms with E-state index in [2.05, 4.69) is 20.2 Å². The SMILES string of the molecule is COc1ccc(COc2nc(N3CCC4(CC3)CC4)ncc2C(=O)NCc2ccc(F)cc2)cc1Cl. The molecule has 2 aliphatic rings. The van der Waals surface area contributed by atoms with Crippen molar-refractivity contribution in [3.63, 3.8) is 0 Å². The number of halogens is 2. The largest absolute Gasteiger partial charge is 0.495 e. The molecule has 1 aromatic heterocycles. The van der Waals surface area contributed by atoms with Crippen molar-refractivity contribution in [3.05, 3.63) is 76.2 Å². The summed E-state index contributed by atoms with van der Waals surface area (Å²) >= 11 is 6.26. The first-order valence-corrected chi connectivity index (χ1v) is 12.4. The topological polar surface area (TPSA) is 76.6 Å². The second-order valence-electron chi connectivity index (χ2n) is 9.44. The molecule has 9 heteroatoms. The summed E-state index contributed by atoms with van der Waals surface area (Å²) in [5, 5.41) is 3.32. The van der Waals surface area contributed by atoms with Gasteiger partial charge in [0.2, 0.25) is 11.8 Å². The first-order valence-electron chi connectivity index (χ1n) is 12.0. The Morgan fingerprint density at radius 2 is 1.83 bits per heavy atom. The van der Waals surface area contributed by atoms with E-state index in [9.17, 15) is 9.18 Å². The lowest BCUT2D eigenvalue weighted by Gasteiger charge is -2.32. The maximum Gasteiger partial charge on any atom is 0.258 e. The summed E-state index contributed by atoms with van der Waals surface area (Å²) in [5.41, 5.74) is 2.35. The van der Waals surface area contributed by atoms with Crippen LogP contribution in [0.15, 0.2) is 48.7 Å². The number of nitrogens with zero attached hydrogens (tertiary/aromatic N) is 3. The lowest BCUT2D eigenvalue weighted by atomic mass is 9.94. The molecular formula is C27H28ClFN4O3. The van der Waals surface area contributed by atoms with E-state index in [1.54, 1.807) is 31.4 Å². The van der Waals surface area contributed by atoms with Gasteiger partial charge in [0.1, 0.15) is 23.7 Å². The number of amides is 1. The minimum Gasteiger partial charge on any atom is -0.495 e. The van der Waals surface area contributed by atoms with E-state index >= 15 is 0 Å². The van der Waals surface area contributed by atoms with Gasteiger partial charge in [-0.05, 0) is 66.5 Å². The minimum absolute atomic E-state index is 0.168. The van der Waals surface area contributed by atoms with Gasteiger partial charge in [-0.1, -0.05) is 29.8 Å². The third-order valence-electron chi connectivity index (χ3n) is 7.01. The quantitative estimate of drug-likeness (QED) is 0.450. The van der Waals surface area contributed by atoms with Crippen molar-refractivity contribution >= 4 is 23.5 Å². The van der Waals surface area contributed by atoms with Crippen molar-refractivity contribution in [2.24, 2.45) is 5.41 Å². The molecule has 1 aliphatic carbocycles. The molecular weight excluding hydrogens is 483 g/mol. The Balaban J connectivity index is 1.34. The number of hydrogen-bond acceptors (Lipinski definition) is 6. The number of nitrogens with one attached hydrogen (secondary N) is 1. The fourth-order valence-electron chi connectivity index (χ4n) is 4.46. The van der Waals surface area contributed by atoms with Crippen molar-refractivity contribution in [2.45, 2.75) is 38.8 Å². The lowest BCUT2D eigenvalue weighted by molar-refractivity contribution is 0.0945. The molecule has 2 heterocycles. The van der Waals surface area contributed by atoms with Gasteiger partial charge in [0, 0.05) is 25.8 Å². The third-order valence-corrected chi connectivity index (χ3v) is 7.30. The second kappa shape index (κ2) is 10.3. The standard InChI is InChI=1S/C27H28ClFN4O3/c1-35-23-7-4-19(14-22(23)28)17-36-25-21(24(34)30-15-18-2-5-20(29)6-3-18)16-31-26(32-25)33-12-10-27(8-9-27)11-13-33/h2-7,14,16H,8-13,15,17H2,1H3,(H,30,34). The summed E-state index contributed by atoms with van der Waals surface area (Å²) in [7, 11) is 1.56. The van der Waals surface area contributed by atoms with Crippen LogP contribution in [0, 0.1) is 11.2 Å². The van der Waals surface area contributed by atoms with E-state index in [1.165, 1.54) is 31.2 Å². The molecule has 3 aromatic rings. The zero-order valence-electron chi connectivity index (χ0n) is 20.1. The van der Waals surface area contributed by atoms with Crippen LogP contribution in [-0.4, -0.2) is 36.1 Å². The number of ether oxygens (including phenoxy) is 2. The van der Waals surface area contributed by atoms with Crippen LogP contribution in [0.4, 0.5) is 10.3 Å². The van der Waals surface area contributed by atoms with Gasteiger partial charge in [-0.3, -0.25) is 4.79 Å². The Morgan fingerprint density at radius 1 is 1.11 bits per heavy atom. The van der Waals surface area contributed by atoms with E-state index in [0.717, 1.165) is 37.1 Å². The van der Waals surface area contributed by atoms with Crippen LogP contribution in [0.2, 0.25) is 5.02 Å². The van der Waals surface area contributed by atoms with Crippen LogP contribution in [-0.2, 0) is 13.2 Å². The number of carbonyl (C=O) groups excluding carboxylic acids is 1. The van der Waals surface area contributed by atoms with Gasteiger partial charge < -0.3 is 19.7 Å². The molecule has 0 unspecified atom stereocenters. The number of rotatable bonds is 8. The summed E-state index contributed by atoms with van der Waals surface area (Å²) in [6, 6.07) is 11.4. The molecule has 7 nitrogen and oxygen atoms in total. The van der Waals surface area contributed by atoms with Gasteiger partial charge in [-0.25, -0.2) is 9.37 Å². The minimum atomic E-state index is -0.371. The predicted molar refractivity (Wildman–Crippen MR) is 135 cm³/mol. The summed E-state index contributed by atoms with van der Waals surface area (Å²) in [4.78, 5) is 24.3. The number of carbonyl (C=O) groups is 1. The summed E-state index contributed by atoms with van der Waals surface area (Å²) in [6.07, 6.45) is 6.41. The molecule has 1 saturated carbocycles. The Hall–Kier alpha value is -3.39. The fourth-order valence-corrected chi connectivity index (χ4v) is 4.74. The monoisotopic (exact) mass is 510 g/mol. The zero-order chi connectivity index (χ0) is 25.1. The highest BCUT2D eigenvalue weighted by atomic mass is 35.5. The van der Waals surface area contributed by atoms with Gasteiger partial charge in [-0.15, -0.1) is 0 Å². The number of aromatic nitrogens is 2. The molecule has 0 atom stereocenters. The predicted octanol–water partition coefficient (Wildman–Crippen LogP) is 5.17. The molecule has 2 fully saturated rings. The number of anilines is 1. The summed E-state index contributed by atoms with van der Waals surface area (Å²) < 4.78 is 24.4. The Kier molecular flexibility index (Phi) is 6.96. The molecule has 2 aromatic carbocycles. The molecule has 5 rings (SSSR count). The van der Waals surface area contributed by atoms with E-state index in [-0.39, 0.29) is 36.3 Å². The first-order chi connectivity index (χ1) is 17.4. The van der Waals surface area contributed by atoms with Crippen LogP contribution < -0.4 is 19.7 Å². The molecule has 1 amide bonds. The second-order valence-corrected chi connectivity index (χ2v) is 9.85. The number of hydrogen-bond donors (Lipinski definition) is 1. The van der Waals surface area contributed by atoms with Crippen molar-refractivity contribution in [1.82, 2.24) is 15.3 Å². The average Bonchev–Trinajstić information content (AvgIpc) is 3.66. The maximum atomic E-state index is 13.2. The average molecular weight is 511 g/mol. The van der Waals surface area contributed by atoms with E-state index in [1.807, 2.05) is 6.07 Å². The number of methoxy groups -OCH3 is 1. The van der Waals surface area contributed by atoms with Crippen molar-refractivity contribution in [3.8, 4) is 11.6 Å². The van der Waals surface area contributed by atoms with Crippen LogP contribution in [0.5, 0.6) is 11.6 Å². The summed E-state index contributed by atoms with van der Waals surface area (Å²) in [6.45, 7) is 2.19. The Labute approximate surface area is 214 Å². The van der Waals surface area contributed by atoms with E-state index in [4.69, 9.17) is 21.1 Å². The fraction of sp³-hybridized carbons (Fsp3) is 0.370. The van der Waals surface area contributed by atoms with Crippen LogP contribution in [0.25, 0.3) is 0 Å². The van der Waals surface area contributed by atoms with Gasteiger partial charge >= 0.3 is 0 Å². The Morgan fingerprint density at radius 3 is 2.50 bits per heavy atom. The van der Waals surface area contributed by atoms with Crippen LogP contribution in [0.3, 0.4) is 0 Å². The highest BCUT2D eigenvalue weighted by Gasteiger charge is 2.44. The van der Waals surface area contributed by atoms with Crippen molar-refractivity contribution in [1.29, 1.82) is 0 Å². The lowest BCUT2D eigenvalue weighted by Crippen LogP contribution is -2.35.